The van der Waals surface area contributed by atoms with Gasteiger partial charge in [-0.25, -0.2) is 0 Å². The summed E-state index contributed by atoms with van der Waals surface area (Å²) in [6.07, 6.45) is 0. The lowest BCUT2D eigenvalue weighted by Crippen LogP contribution is -2.46. The lowest BCUT2D eigenvalue weighted by molar-refractivity contribution is -0.127. The topological polar surface area (TPSA) is 87.7 Å². The van der Waals surface area contributed by atoms with Crippen molar-refractivity contribution in [2.24, 2.45) is 16.3 Å². The molecule has 0 bridgehead atoms. The number of benzene rings is 1. The number of nitrogens with two attached hydrogens (primary N) is 1. The fourth-order valence-electron chi connectivity index (χ4n) is 1.48. The minimum atomic E-state index is -1.06. The lowest BCUT2D eigenvalue weighted by Gasteiger charge is -2.24. The van der Waals surface area contributed by atoms with E-state index in [4.69, 9.17) is 10.9 Å². The van der Waals surface area contributed by atoms with Crippen LogP contribution in [0.5, 0.6) is 0 Å². The molecule has 1 rings (SSSR count). The predicted octanol–water partition coefficient (Wildman–Crippen LogP) is 2.40. The summed E-state index contributed by atoms with van der Waals surface area (Å²) < 4.78 is 0.946. The molecule has 0 saturated heterocycles. The minimum Gasteiger partial charge on any atom is -0.409 e. The molecule has 5 nitrogen and oxygen atoms in total. The maximum absolute atomic E-state index is 12.1. The molecule has 1 aromatic rings. The maximum Gasteiger partial charge on any atom is 0.233 e. The molecule has 19 heavy (non-hydrogen) atoms. The van der Waals surface area contributed by atoms with Crippen LogP contribution in [0.3, 0.4) is 0 Å². The number of halogens is 1. The number of amides is 1. The standard InChI is InChI=1S/C13H18BrN3O2/c1-8(9-5-4-6-10(14)7-9)16-12(18)13(2,3)11(15)17-19/h4-8,19H,1-3H3,(H2,15,17)(H,16,18). The summed E-state index contributed by atoms with van der Waals surface area (Å²) >= 11 is 3.39. The van der Waals surface area contributed by atoms with Gasteiger partial charge in [-0.05, 0) is 38.5 Å². The molecule has 0 aliphatic rings. The first-order valence-electron chi connectivity index (χ1n) is 5.83. The molecular weight excluding hydrogens is 310 g/mol. The van der Waals surface area contributed by atoms with Crippen molar-refractivity contribution in [1.82, 2.24) is 5.32 Å². The summed E-state index contributed by atoms with van der Waals surface area (Å²) in [6, 6.07) is 7.50. The zero-order chi connectivity index (χ0) is 14.6. The SMILES string of the molecule is CC(NC(=O)C(C)(C)C(N)=NO)c1cccc(Br)c1. The number of hydrogen-bond acceptors (Lipinski definition) is 3. The van der Waals surface area contributed by atoms with Gasteiger partial charge < -0.3 is 16.3 Å². The lowest BCUT2D eigenvalue weighted by atomic mass is 9.90. The monoisotopic (exact) mass is 327 g/mol. The van der Waals surface area contributed by atoms with Gasteiger partial charge in [-0.3, -0.25) is 4.79 Å². The van der Waals surface area contributed by atoms with Gasteiger partial charge in [0.15, 0.2) is 5.84 Å². The highest BCUT2D eigenvalue weighted by Gasteiger charge is 2.33. The molecule has 1 aromatic carbocycles. The molecule has 104 valence electrons. The highest BCUT2D eigenvalue weighted by Crippen LogP contribution is 2.21. The Morgan fingerprint density at radius 1 is 1.53 bits per heavy atom. The van der Waals surface area contributed by atoms with Crippen molar-refractivity contribution in [2.75, 3.05) is 0 Å². The Morgan fingerprint density at radius 3 is 2.68 bits per heavy atom. The average molecular weight is 328 g/mol. The van der Waals surface area contributed by atoms with E-state index in [1.165, 1.54) is 0 Å². The van der Waals surface area contributed by atoms with Crippen LogP contribution in [0.25, 0.3) is 0 Å². The normalized spacial score (nSPS) is 14.0. The Hall–Kier alpha value is -1.56. The molecule has 0 radical (unpaired) electrons. The van der Waals surface area contributed by atoms with Crippen LogP contribution in [0.15, 0.2) is 33.9 Å². The minimum absolute atomic E-state index is 0.119. The average Bonchev–Trinajstić information content (AvgIpc) is 2.37. The Morgan fingerprint density at radius 2 is 2.16 bits per heavy atom. The zero-order valence-electron chi connectivity index (χ0n) is 11.1. The van der Waals surface area contributed by atoms with E-state index in [0.717, 1.165) is 10.0 Å². The van der Waals surface area contributed by atoms with E-state index < -0.39 is 5.41 Å². The number of rotatable bonds is 4. The second kappa shape index (κ2) is 6.06. The molecule has 0 fully saturated rings. The molecular formula is C13H18BrN3O2. The predicted molar refractivity (Wildman–Crippen MR) is 77.9 cm³/mol. The number of carbonyl (C=O) groups is 1. The van der Waals surface area contributed by atoms with Gasteiger partial charge in [0.2, 0.25) is 5.91 Å². The summed E-state index contributed by atoms with van der Waals surface area (Å²) in [5, 5.41) is 14.4. The van der Waals surface area contributed by atoms with Crippen LogP contribution in [0.4, 0.5) is 0 Å². The third-order valence-corrected chi connectivity index (χ3v) is 3.51. The van der Waals surface area contributed by atoms with Crippen LogP contribution >= 0.6 is 15.9 Å². The fraction of sp³-hybridized carbons (Fsp3) is 0.385. The van der Waals surface area contributed by atoms with Crippen LogP contribution < -0.4 is 11.1 Å². The number of amidine groups is 1. The number of nitrogens with zero attached hydrogens (tertiary/aromatic N) is 1. The van der Waals surface area contributed by atoms with Gasteiger partial charge in [-0.15, -0.1) is 0 Å². The third kappa shape index (κ3) is 3.70. The van der Waals surface area contributed by atoms with E-state index in [9.17, 15) is 4.79 Å². The Bertz CT molecular complexity index is 500. The molecule has 1 unspecified atom stereocenters. The largest absolute Gasteiger partial charge is 0.409 e. The molecule has 0 heterocycles. The summed E-state index contributed by atoms with van der Waals surface area (Å²) in [7, 11) is 0. The van der Waals surface area contributed by atoms with E-state index >= 15 is 0 Å². The van der Waals surface area contributed by atoms with Crippen molar-refractivity contribution in [2.45, 2.75) is 26.8 Å². The highest BCUT2D eigenvalue weighted by atomic mass is 79.9. The quantitative estimate of drug-likeness (QED) is 0.343. The molecule has 6 heteroatoms. The van der Waals surface area contributed by atoms with Crippen molar-refractivity contribution >= 4 is 27.7 Å². The first-order valence-corrected chi connectivity index (χ1v) is 6.62. The van der Waals surface area contributed by atoms with Gasteiger partial charge >= 0.3 is 0 Å². The summed E-state index contributed by atoms with van der Waals surface area (Å²) in [4.78, 5) is 12.1. The molecule has 4 N–H and O–H groups in total. The number of carbonyl (C=O) groups excluding carboxylic acids is 1. The molecule has 0 aliphatic carbocycles. The van der Waals surface area contributed by atoms with Crippen molar-refractivity contribution in [3.63, 3.8) is 0 Å². The molecule has 0 saturated carbocycles. The van der Waals surface area contributed by atoms with Crippen LogP contribution in [0, 0.1) is 5.41 Å². The van der Waals surface area contributed by atoms with Gasteiger partial charge in [0.25, 0.3) is 0 Å². The highest BCUT2D eigenvalue weighted by molar-refractivity contribution is 9.10. The molecule has 0 spiro atoms. The van der Waals surface area contributed by atoms with Crippen LogP contribution in [0.1, 0.15) is 32.4 Å². The molecule has 0 aliphatic heterocycles. The fourth-order valence-corrected chi connectivity index (χ4v) is 1.89. The summed E-state index contributed by atoms with van der Waals surface area (Å²) in [5.74, 6) is -0.415. The molecule has 1 amide bonds. The smallest absolute Gasteiger partial charge is 0.233 e. The second-order valence-corrected chi connectivity index (χ2v) is 5.78. The number of oxime groups is 1. The van der Waals surface area contributed by atoms with Crippen molar-refractivity contribution in [1.29, 1.82) is 0 Å². The second-order valence-electron chi connectivity index (χ2n) is 4.86. The van der Waals surface area contributed by atoms with Gasteiger partial charge in [0, 0.05) is 4.47 Å². The third-order valence-electron chi connectivity index (χ3n) is 3.01. The zero-order valence-corrected chi connectivity index (χ0v) is 12.7. The number of nitrogens with one attached hydrogen (secondary N) is 1. The van der Waals surface area contributed by atoms with Gasteiger partial charge in [-0.2, -0.15) is 0 Å². The Labute approximate surface area is 121 Å². The van der Waals surface area contributed by atoms with Gasteiger partial charge in [0.1, 0.15) is 5.41 Å². The maximum atomic E-state index is 12.1. The first kappa shape index (κ1) is 15.5. The molecule has 1 atom stereocenters. The van der Waals surface area contributed by atoms with E-state index in [1.54, 1.807) is 13.8 Å². The van der Waals surface area contributed by atoms with E-state index in [-0.39, 0.29) is 17.8 Å². The van der Waals surface area contributed by atoms with Crippen molar-refractivity contribution in [3.05, 3.63) is 34.3 Å². The van der Waals surface area contributed by atoms with Crippen LogP contribution in [-0.2, 0) is 4.79 Å². The van der Waals surface area contributed by atoms with Crippen molar-refractivity contribution in [3.8, 4) is 0 Å². The van der Waals surface area contributed by atoms with Crippen molar-refractivity contribution < 1.29 is 10.0 Å². The summed E-state index contributed by atoms with van der Waals surface area (Å²) in [6.45, 7) is 5.08. The number of hydrogen-bond donors (Lipinski definition) is 3. The van der Waals surface area contributed by atoms with E-state index in [0.29, 0.717) is 0 Å². The van der Waals surface area contributed by atoms with Crippen LogP contribution in [0.2, 0.25) is 0 Å². The van der Waals surface area contributed by atoms with Gasteiger partial charge in [0.05, 0.1) is 6.04 Å². The van der Waals surface area contributed by atoms with E-state index in [2.05, 4.69) is 26.4 Å². The summed E-state index contributed by atoms with van der Waals surface area (Å²) in [5.41, 5.74) is 5.43. The van der Waals surface area contributed by atoms with E-state index in [1.807, 2.05) is 31.2 Å². The Kier molecular flexibility index (Phi) is 4.94. The first-order chi connectivity index (χ1) is 8.78. The van der Waals surface area contributed by atoms with Crippen LogP contribution in [-0.4, -0.2) is 17.0 Å². The molecule has 0 aromatic heterocycles. The Balaban J connectivity index is 2.83. The van der Waals surface area contributed by atoms with Gasteiger partial charge in [-0.1, -0.05) is 33.2 Å².